The van der Waals surface area contributed by atoms with Gasteiger partial charge in [0.1, 0.15) is 5.69 Å². The third-order valence-corrected chi connectivity index (χ3v) is 5.08. The molecule has 2 heterocycles. The first-order valence-corrected chi connectivity index (χ1v) is 9.26. The molecule has 0 aliphatic carbocycles. The molecular weight excluding hydrogens is 332 g/mol. The van der Waals surface area contributed by atoms with Crippen LogP contribution >= 0.6 is 0 Å². The van der Waals surface area contributed by atoms with Crippen molar-refractivity contribution in [2.24, 2.45) is 0 Å². The van der Waals surface area contributed by atoms with E-state index in [2.05, 4.69) is 50.0 Å². The number of amides is 1. The summed E-state index contributed by atoms with van der Waals surface area (Å²) in [7, 11) is 0. The van der Waals surface area contributed by atoms with Crippen LogP contribution in [0, 0.1) is 18.8 Å². The maximum absolute atomic E-state index is 13.0. The first-order chi connectivity index (χ1) is 13.1. The van der Waals surface area contributed by atoms with Gasteiger partial charge in [0.05, 0.1) is 6.04 Å². The fraction of sp³-hybridized carbons (Fsp3) is 0.208. The first-order valence-electron chi connectivity index (χ1n) is 9.26. The molecule has 3 heteroatoms. The minimum Gasteiger partial charge on any atom is -0.340 e. The molecule has 134 valence electrons. The molecule has 1 unspecified atom stereocenters. The lowest BCUT2D eigenvalue weighted by molar-refractivity contribution is 0.0632. The summed E-state index contributed by atoms with van der Waals surface area (Å²) < 4.78 is 2.02. The fourth-order valence-corrected chi connectivity index (χ4v) is 3.56. The average molecular weight is 354 g/mol. The predicted molar refractivity (Wildman–Crippen MR) is 107 cm³/mol. The minimum absolute atomic E-state index is 0.0594. The Morgan fingerprint density at radius 2 is 1.70 bits per heavy atom. The largest absolute Gasteiger partial charge is 0.340 e. The van der Waals surface area contributed by atoms with Crippen LogP contribution in [-0.2, 0) is 6.54 Å². The lowest BCUT2D eigenvalue weighted by atomic mass is 10.1. The van der Waals surface area contributed by atoms with E-state index in [1.54, 1.807) is 0 Å². The number of hydrogen-bond donors (Lipinski definition) is 0. The number of carbonyl (C=O) groups is 1. The quantitative estimate of drug-likeness (QED) is 0.626. The number of fused-ring (bicyclic) bond motifs is 1. The third kappa shape index (κ3) is 3.52. The van der Waals surface area contributed by atoms with E-state index in [9.17, 15) is 4.79 Å². The van der Waals surface area contributed by atoms with Crippen LogP contribution < -0.4 is 0 Å². The molecule has 0 saturated carbocycles. The summed E-state index contributed by atoms with van der Waals surface area (Å²) in [5.41, 5.74) is 4.94. The number of benzene rings is 2. The molecule has 0 bridgehead atoms. The molecule has 1 aliphatic heterocycles. The highest BCUT2D eigenvalue weighted by Crippen LogP contribution is 2.26. The first kappa shape index (κ1) is 17.2. The van der Waals surface area contributed by atoms with E-state index < -0.39 is 0 Å². The lowest BCUT2D eigenvalue weighted by Crippen LogP contribution is -2.41. The molecule has 3 nitrogen and oxygen atoms in total. The van der Waals surface area contributed by atoms with Gasteiger partial charge in [-0.15, -0.1) is 0 Å². The third-order valence-electron chi connectivity index (χ3n) is 5.08. The van der Waals surface area contributed by atoms with Gasteiger partial charge in [0.15, 0.2) is 0 Å². The molecule has 3 aromatic rings. The summed E-state index contributed by atoms with van der Waals surface area (Å²) in [5, 5.41) is 0. The summed E-state index contributed by atoms with van der Waals surface area (Å²) in [6.45, 7) is 5.65. The van der Waals surface area contributed by atoms with Gasteiger partial charge < -0.3 is 9.47 Å². The molecule has 1 atom stereocenters. The molecule has 0 N–H and O–H groups in total. The summed E-state index contributed by atoms with van der Waals surface area (Å²) in [4.78, 5) is 15.0. The van der Waals surface area contributed by atoms with Crippen LogP contribution in [0.2, 0.25) is 0 Å². The van der Waals surface area contributed by atoms with Gasteiger partial charge in [-0.1, -0.05) is 54.3 Å². The van der Waals surface area contributed by atoms with Gasteiger partial charge in [-0.3, -0.25) is 4.79 Å². The van der Waals surface area contributed by atoms with Crippen LogP contribution in [0.5, 0.6) is 0 Å². The van der Waals surface area contributed by atoms with Crippen molar-refractivity contribution in [3.8, 4) is 11.8 Å². The van der Waals surface area contributed by atoms with Gasteiger partial charge in [0.25, 0.3) is 5.91 Å². The number of aromatic nitrogens is 1. The number of carbonyl (C=O) groups excluding carboxylic acids is 1. The predicted octanol–water partition coefficient (Wildman–Crippen LogP) is 4.41. The van der Waals surface area contributed by atoms with E-state index >= 15 is 0 Å². The van der Waals surface area contributed by atoms with E-state index in [-0.39, 0.29) is 11.9 Å². The molecule has 4 rings (SSSR count). The van der Waals surface area contributed by atoms with Gasteiger partial charge in [0, 0.05) is 30.4 Å². The van der Waals surface area contributed by atoms with Crippen LogP contribution in [-0.4, -0.2) is 21.9 Å². The lowest BCUT2D eigenvalue weighted by Gasteiger charge is -2.33. The highest BCUT2D eigenvalue weighted by Gasteiger charge is 2.29. The van der Waals surface area contributed by atoms with Crippen molar-refractivity contribution in [3.63, 3.8) is 0 Å². The molecule has 27 heavy (non-hydrogen) atoms. The Balaban J connectivity index is 1.58. The second-order valence-electron chi connectivity index (χ2n) is 7.01. The van der Waals surface area contributed by atoms with Crippen molar-refractivity contribution in [3.05, 3.63) is 94.8 Å². The standard InChI is InChI=1S/C24H22N2O/c1-18-7-6-8-20(15-18)11-12-21-16-23-24(27)26(14-13-25(23)17-21)19(2)22-9-4-3-5-10-22/h3-10,15-17,19H,13-14H2,1-2H3. The Bertz CT molecular complexity index is 1040. The average Bonchev–Trinajstić information content (AvgIpc) is 3.11. The summed E-state index contributed by atoms with van der Waals surface area (Å²) in [6.07, 6.45) is 1.99. The van der Waals surface area contributed by atoms with Crippen LogP contribution in [0.3, 0.4) is 0 Å². The molecular formula is C24H22N2O. The fourth-order valence-electron chi connectivity index (χ4n) is 3.56. The number of nitrogens with zero attached hydrogens (tertiary/aromatic N) is 2. The Hall–Kier alpha value is -3.25. The maximum atomic E-state index is 13.0. The highest BCUT2D eigenvalue weighted by atomic mass is 16.2. The van der Waals surface area contributed by atoms with E-state index in [0.717, 1.165) is 28.9 Å². The molecule has 1 amide bonds. The number of rotatable bonds is 2. The summed E-state index contributed by atoms with van der Waals surface area (Å²) in [6, 6.07) is 20.3. The maximum Gasteiger partial charge on any atom is 0.271 e. The summed E-state index contributed by atoms with van der Waals surface area (Å²) >= 11 is 0. The number of aryl methyl sites for hydroxylation is 1. The van der Waals surface area contributed by atoms with Crippen molar-refractivity contribution < 1.29 is 4.79 Å². The highest BCUT2D eigenvalue weighted by molar-refractivity contribution is 5.94. The van der Waals surface area contributed by atoms with Gasteiger partial charge in [-0.05, 0) is 43.2 Å². The van der Waals surface area contributed by atoms with Crippen molar-refractivity contribution >= 4 is 5.91 Å². The van der Waals surface area contributed by atoms with Crippen molar-refractivity contribution in [2.45, 2.75) is 26.4 Å². The van der Waals surface area contributed by atoms with Crippen molar-refractivity contribution in [1.82, 2.24) is 9.47 Å². The Morgan fingerprint density at radius 3 is 2.48 bits per heavy atom. The smallest absolute Gasteiger partial charge is 0.271 e. The monoisotopic (exact) mass is 354 g/mol. The summed E-state index contributed by atoms with van der Waals surface area (Å²) in [5.74, 6) is 6.47. The van der Waals surface area contributed by atoms with Crippen LogP contribution in [0.25, 0.3) is 0 Å². The molecule has 0 radical (unpaired) electrons. The van der Waals surface area contributed by atoms with Crippen LogP contribution in [0.1, 0.15) is 45.7 Å². The Labute approximate surface area is 160 Å². The second kappa shape index (κ2) is 7.17. The number of hydrogen-bond acceptors (Lipinski definition) is 1. The molecule has 1 aromatic heterocycles. The van der Waals surface area contributed by atoms with Gasteiger partial charge >= 0.3 is 0 Å². The normalized spacial score (nSPS) is 14.3. The SMILES string of the molecule is Cc1cccc(C#Cc2cc3n(c2)CCN(C(C)c2ccccc2)C3=O)c1. The zero-order chi connectivity index (χ0) is 18.8. The van der Waals surface area contributed by atoms with Crippen LogP contribution in [0.4, 0.5) is 0 Å². The molecule has 2 aromatic carbocycles. The molecule has 1 aliphatic rings. The molecule has 0 saturated heterocycles. The van der Waals surface area contributed by atoms with E-state index in [1.165, 1.54) is 5.56 Å². The van der Waals surface area contributed by atoms with Gasteiger partial charge in [-0.2, -0.15) is 0 Å². The van der Waals surface area contributed by atoms with E-state index in [1.807, 2.05) is 52.1 Å². The van der Waals surface area contributed by atoms with Crippen molar-refractivity contribution in [1.29, 1.82) is 0 Å². The van der Waals surface area contributed by atoms with Crippen molar-refractivity contribution in [2.75, 3.05) is 6.54 Å². The van der Waals surface area contributed by atoms with E-state index in [0.29, 0.717) is 6.54 Å². The molecule has 0 spiro atoms. The van der Waals surface area contributed by atoms with Gasteiger partial charge in [0.2, 0.25) is 0 Å². The van der Waals surface area contributed by atoms with Gasteiger partial charge in [-0.25, -0.2) is 0 Å². The minimum atomic E-state index is 0.0594. The van der Waals surface area contributed by atoms with Crippen LogP contribution in [0.15, 0.2) is 66.9 Å². The zero-order valence-corrected chi connectivity index (χ0v) is 15.6. The Morgan fingerprint density at radius 1 is 0.926 bits per heavy atom. The topological polar surface area (TPSA) is 25.2 Å². The van der Waals surface area contributed by atoms with E-state index in [4.69, 9.17) is 0 Å². The zero-order valence-electron chi connectivity index (χ0n) is 15.6. The molecule has 0 fully saturated rings. The second-order valence-corrected chi connectivity index (χ2v) is 7.01. The Kier molecular flexibility index (Phi) is 4.56.